The first-order chi connectivity index (χ1) is 18.1. The number of ether oxygens (including phenoxy) is 1. The maximum atomic E-state index is 11.9. The van der Waals surface area contributed by atoms with Crippen molar-refractivity contribution in [3.05, 3.63) is 89.1 Å². The number of benzene rings is 2. The van der Waals surface area contributed by atoms with Gasteiger partial charge < -0.3 is 36.7 Å². The van der Waals surface area contributed by atoms with Crippen molar-refractivity contribution in [2.45, 2.75) is 25.3 Å². The van der Waals surface area contributed by atoms with Crippen LogP contribution >= 0.6 is 0 Å². The number of carbonyl (C=O) groups is 1. The molecule has 0 saturated carbocycles. The van der Waals surface area contributed by atoms with Crippen LogP contribution in [0.3, 0.4) is 0 Å². The largest absolute Gasteiger partial charge is 0.527 e. The standard InChI is InChI=1S/C28H34N7O2/c29-28(36)25-20-31-27(18-26(25)30-19-21-4-2-1-3-5-21)32-24-8-6-22(7-9-24)23-10-12-34(13-11-23)33-35-14-16-37-17-15-35/h1-9,18,20,23H,10-17,19H2,(H2,29,36)(H2,30,31,32)/q-1. The molecule has 3 heterocycles. The third-order valence-corrected chi connectivity index (χ3v) is 6.86. The van der Waals surface area contributed by atoms with Crippen molar-refractivity contribution in [1.29, 1.82) is 0 Å². The SMILES string of the molecule is NC(=O)c1cnc(Nc2ccc(C3CCN([N-]N4CCOCC4)CC3)cc2)cc1NCc1ccccc1. The van der Waals surface area contributed by atoms with E-state index in [0.29, 0.717) is 29.5 Å². The Morgan fingerprint density at radius 2 is 1.70 bits per heavy atom. The molecular formula is C28H34N7O2-. The summed E-state index contributed by atoms with van der Waals surface area (Å²) >= 11 is 0. The van der Waals surface area contributed by atoms with E-state index in [4.69, 9.17) is 16.0 Å². The number of hydrogen-bond acceptors (Lipinski definition) is 7. The topological polar surface area (TPSA) is 110 Å². The summed E-state index contributed by atoms with van der Waals surface area (Å²) in [6.07, 6.45) is 3.70. The smallest absolute Gasteiger partial charge is 0.252 e. The predicted molar refractivity (Wildman–Crippen MR) is 146 cm³/mol. The molecule has 5 rings (SSSR count). The van der Waals surface area contributed by atoms with Crippen LogP contribution in [0.4, 0.5) is 17.2 Å². The van der Waals surface area contributed by atoms with E-state index in [1.165, 1.54) is 11.8 Å². The minimum atomic E-state index is -0.511. The van der Waals surface area contributed by atoms with Gasteiger partial charge in [-0.05, 0) is 55.1 Å². The number of carbonyl (C=O) groups excluding carboxylic acids is 1. The van der Waals surface area contributed by atoms with E-state index >= 15 is 0 Å². The maximum Gasteiger partial charge on any atom is 0.252 e. The van der Waals surface area contributed by atoms with Gasteiger partial charge in [0, 0.05) is 37.6 Å². The molecule has 2 saturated heterocycles. The molecule has 3 aromatic rings. The van der Waals surface area contributed by atoms with Gasteiger partial charge in [-0.3, -0.25) is 4.79 Å². The molecule has 9 nitrogen and oxygen atoms in total. The Hall–Kier alpha value is -3.50. The van der Waals surface area contributed by atoms with E-state index in [1.807, 2.05) is 36.4 Å². The Morgan fingerprint density at radius 3 is 2.41 bits per heavy atom. The Kier molecular flexibility index (Phi) is 8.27. The first-order valence-corrected chi connectivity index (χ1v) is 12.9. The van der Waals surface area contributed by atoms with Crippen molar-refractivity contribution < 1.29 is 9.53 Å². The first kappa shape index (κ1) is 25.2. The van der Waals surface area contributed by atoms with Crippen LogP contribution in [-0.2, 0) is 11.3 Å². The van der Waals surface area contributed by atoms with Crippen molar-refractivity contribution >= 4 is 23.1 Å². The van der Waals surface area contributed by atoms with Crippen LogP contribution in [0.2, 0.25) is 0 Å². The molecule has 1 amide bonds. The Labute approximate surface area is 217 Å². The predicted octanol–water partition coefficient (Wildman–Crippen LogP) is 4.25. The number of rotatable bonds is 9. The Balaban J connectivity index is 1.17. The van der Waals surface area contributed by atoms with Crippen molar-refractivity contribution in [2.24, 2.45) is 5.73 Å². The molecule has 194 valence electrons. The molecule has 2 aliphatic rings. The molecule has 2 aliphatic heterocycles. The third-order valence-electron chi connectivity index (χ3n) is 6.86. The van der Waals surface area contributed by atoms with Crippen molar-refractivity contribution in [2.75, 3.05) is 50.0 Å². The van der Waals surface area contributed by atoms with Gasteiger partial charge in [-0.15, -0.1) is 0 Å². The van der Waals surface area contributed by atoms with E-state index in [0.717, 1.165) is 63.5 Å². The van der Waals surface area contributed by atoms with Crippen LogP contribution in [0.25, 0.3) is 5.53 Å². The zero-order chi connectivity index (χ0) is 25.5. The normalized spacial score (nSPS) is 17.4. The number of nitrogens with two attached hydrogens (primary N) is 1. The fraction of sp³-hybridized carbons (Fsp3) is 0.357. The number of hydrogen-bond donors (Lipinski definition) is 3. The second kappa shape index (κ2) is 12.2. The van der Waals surface area contributed by atoms with Crippen molar-refractivity contribution in [3.63, 3.8) is 0 Å². The van der Waals surface area contributed by atoms with Crippen LogP contribution in [0, 0.1) is 0 Å². The van der Waals surface area contributed by atoms with Gasteiger partial charge in [-0.1, -0.05) is 42.5 Å². The van der Waals surface area contributed by atoms with Gasteiger partial charge in [0.2, 0.25) is 0 Å². The summed E-state index contributed by atoms with van der Waals surface area (Å²) in [7, 11) is 0. The van der Waals surface area contributed by atoms with E-state index in [1.54, 1.807) is 0 Å². The van der Waals surface area contributed by atoms with Crippen molar-refractivity contribution in [1.82, 2.24) is 15.0 Å². The van der Waals surface area contributed by atoms with Gasteiger partial charge in [-0.2, -0.15) is 0 Å². The van der Waals surface area contributed by atoms with E-state index < -0.39 is 5.91 Å². The molecule has 0 bridgehead atoms. The van der Waals surface area contributed by atoms with E-state index in [2.05, 4.69) is 49.9 Å². The van der Waals surface area contributed by atoms with Gasteiger partial charge in [0.25, 0.3) is 5.91 Å². The van der Waals surface area contributed by atoms with Crippen LogP contribution < -0.4 is 16.4 Å². The van der Waals surface area contributed by atoms with Gasteiger partial charge in [0.05, 0.1) is 24.5 Å². The molecule has 2 fully saturated rings. The highest BCUT2D eigenvalue weighted by molar-refractivity contribution is 5.98. The average Bonchev–Trinajstić information content (AvgIpc) is 2.94. The molecule has 37 heavy (non-hydrogen) atoms. The molecule has 4 N–H and O–H groups in total. The molecule has 0 unspecified atom stereocenters. The van der Waals surface area contributed by atoms with Crippen LogP contribution in [-0.4, -0.2) is 60.3 Å². The van der Waals surface area contributed by atoms with Gasteiger partial charge in [-0.25, -0.2) is 4.98 Å². The molecule has 0 aliphatic carbocycles. The fourth-order valence-electron chi connectivity index (χ4n) is 4.76. The third kappa shape index (κ3) is 6.84. The maximum absolute atomic E-state index is 11.9. The fourth-order valence-corrected chi connectivity index (χ4v) is 4.76. The number of piperidine rings is 1. The average molecular weight is 501 g/mol. The molecular weight excluding hydrogens is 466 g/mol. The second-order valence-electron chi connectivity index (χ2n) is 9.45. The zero-order valence-corrected chi connectivity index (χ0v) is 21.0. The monoisotopic (exact) mass is 500 g/mol. The van der Waals surface area contributed by atoms with Gasteiger partial charge in [0.15, 0.2) is 0 Å². The summed E-state index contributed by atoms with van der Waals surface area (Å²) in [5.74, 6) is 0.668. The lowest BCUT2D eigenvalue weighted by atomic mass is 9.90. The quantitative estimate of drug-likeness (QED) is 0.403. The summed E-state index contributed by atoms with van der Waals surface area (Å²) in [6.45, 7) is 5.79. The summed E-state index contributed by atoms with van der Waals surface area (Å²) in [4.78, 5) is 16.3. The highest BCUT2D eigenvalue weighted by atomic mass is 16.5. The second-order valence-corrected chi connectivity index (χ2v) is 9.45. The summed E-state index contributed by atoms with van der Waals surface area (Å²) in [5, 5.41) is 11.0. The minimum absolute atomic E-state index is 0.364. The number of morpholine rings is 1. The Bertz CT molecular complexity index is 1160. The van der Waals surface area contributed by atoms with Gasteiger partial charge >= 0.3 is 0 Å². The number of anilines is 3. The highest BCUT2D eigenvalue weighted by Crippen LogP contribution is 2.31. The lowest BCUT2D eigenvalue weighted by molar-refractivity contribution is 0.0348. The summed E-state index contributed by atoms with van der Waals surface area (Å²) in [6, 6.07) is 20.4. The van der Waals surface area contributed by atoms with Crippen LogP contribution in [0.15, 0.2) is 66.9 Å². The first-order valence-electron chi connectivity index (χ1n) is 12.9. The van der Waals surface area contributed by atoms with Crippen LogP contribution in [0.1, 0.15) is 40.2 Å². The Morgan fingerprint density at radius 1 is 1.00 bits per heavy atom. The molecule has 9 heteroatoms. The number of amides is 1. The molecule has 2 aromatic carbocycles. The van der Waals surface area contributed by atoms with Crippen molar-refractivity contribution in [3.8, 4) is 0 Å². The summed E-state index contributed by atoms with van der Waals surface area (Å²) in [5.41, 5.74) is 14.8. The van der Waals surface area contributed by atoms with Gasteiger partial charge in [0.1, 0.15) is 5.82 Å². The number of nitrogens with zero attached hydrogens (tertiary/aromatic N) is 4. The summed E-state index contributed by atoms with van der Waals surface area (Å²) < 4.78 is 5.41. The molecule has 1 aromatic heterocycles. The molecule has 0 atom stereocenters. The number of pyridine rings is 1. The molecule has 0 spiro atoms. The number of primary amides is 1. The highest BCUT2D eigenvalue weighted by Gasteiger charge is 2.18. The van der Waals surface area contributed by atoms with E-state index in [9.17, 15) is 4.79 Å². The minimum Gasteiger partial charge on any atom is -0.527 e. The lowest BCUT2D eigenvalue weighted by Crippen LogP contribution is -2.40. The van der Waals surface area contributed by atoms with Crippen LogP contribution in [0.5, 0.6) is 0 Å². The number of nitrogens with one attached hydrogen (secondary N) is 2. The molecule has 0 radical (unpaired) electrons. The zero-order valence-electron chi connectivity index (χ0n) is 21.0. The lowest BCUT2D eigenvalue weighted by Gasteiger charge is -2.50. The van der Waals surface area contributed by atoms with E-state index in [-0.39, 0.29) is 0 Å². The number of aromatic nitrogens is 1.